The minimum Gasteiger partial charge on any atom is -0.487 e. The van der Waals surface area contributed by atoms with Crippen molar-refractivity contribution in [3.05, 3.63) is 29.6 Å². The maximum atomic E-state index is 13.7. The largest absolute Gasteiger partial charge is 0.487 e. The van der Waals surface area contributed by atoms with Gasteiger partial charge in [-0.1, -0.05) is 19.9 Å². The molecule has 0 heterocycles. The lowest BCUT2D eigenvalue weighted by Crippen LogP contribution is -2.29. The fraction of sp³-hybridized carbons (Fsp3) is 0.600. The minimum atomic E-state index is -0.382. The van der Waals surface area contributed by atoms with Crippen molar-refractivity contribution in [1.29, 1.82) is 0 Å². The Labute approximate surface area is 108 Å². The molecule has 1 aliphatic rings. The molecule has 0 spiro atoms. The van der Waals surface area contributed by atoms with Gasteiger partial charge in [-0.15, -0.1) is 0 Å². The summed E-state index contributed by atoms with van der Waals surface area (Å²) >= 11 is 0. The van der Waals surface area contributed by atoms with Crippen molar-refractivity contribution in [3.8, 4) is 5.75 Å². The number of benzene rings is 1. The first-order valence-electron chi connectivity index (χ1n) is 6.66. The van der Waals surface area contributed by atoms with E-state index in [-0.39, 0.29) is 18.5 Å². The molecule has 100 valence electrons. The van der Waals surface area contributed by atoms with Gasteiger partial charge in [0.15, 0.2) is 11.6 Å². The Morgan fingerprint density at radius 1 is 1.28 bits per heavy atom. The van der Waals surface area contributed by atoms with Crippen LogP contribution in [0, 0.1) is 17.7 Å². The molecule has 0 amide bonds. The fourth-order valence-corrected chi connectivity index (χ4v) is 2.52. The zero-order valence-corrected chi connectivity index (χ0v) is 11.0. The van der Waals surface area contributed by atoms with Gasteiger partial charge in [0, 0.05) is 0 Å². The molecule has 0 radical (unpaired) electrons. The first-order chi connectivity index (χ1) is 8.60. The predicted octanol–water partition coefficient (Wildman–Crippen LogP) is 3.52. The van der Waals surface area contributed by atoms with Gasteiger partial charge in [0.25, 0.3) is 0 Å². The average molecular weight is 252 g/mol. The van der Waals surface area contributed by atoms with E-state index in [0.717, 1.165) is 25.2 Å². The molecule has 1 saturated carbocycles. The van der Waals surface area contributed by atoms with E-state index in [1.807, 2.05) is 0 Å². The first kappa shape index (κ1) is 13.3. The van der Waals surface area contributed by atoms with Crippen LogP contribution in [0.3, 0.4) is 0 Å². The Bertz CT molecular complexity index is 405. The molecule has 1 aromatic carbocycles. The van der Waals surface area contributed by atoms with Crippen LogP contribution in [-0.2, 0) is 6.61 Å². The van der Waals surface area contributed by atoms with Crippen molar-refractivity contribution in [3.63, 3.8) is 0 Å². The molecule has 0 saturated heterocycles. The molecule has 0 bridgehead atoms. The molecular weight excluding hydrogens is 231 g/mol. The maximum Gasteiger partial charge on any atom is 0.165 e. The lowest BCUT2D eigenvalue weighted by atomic mass is 9.80. The highest BCUT2D eigenvalue weighted by atomic mass is 19.1. The van der Waals surface area contributed by atoms with E-state index < -0.39 is 0 Å². The van der Waals surface area contributed by atoms with E-state index in [1.54, 1.807) is 12.1 Å². The van der Waals surface area contributed by atoms with Gasteiger partial charge in [0.1, 0.15) is 0 Å². The second-order valence-electron chi connectivity index (χ2n) is 5.43. The van der Waals surface area contributed by atoms with E-state index in [4.69, 9.17) is 9.84 Å². The van der Waals surface area contributed by atoms with E-state index in [9.17, 15) is 4.39 Å². The van der Waals surface area contributed by atoms with Crippen molar-refractivity contribution in [2.45, 2.75) is 45.8 Å². The molecule has 2 rings (SSSR count). The molecule has 1 N–H and O–H groups in total. The third-order valence-electron chi connectivity index (χ3n) is 4.02. The standard InChI is InChI=1S/C15H21FO2/c1-10-3-5-13(7-11(10)2)18-15-6-4-12(9-17)8-14(15)16/h4,6,8,10-11,13,17H,3,5,7,9H2,1-2H3. The van der Waals surface area contributed by atoms with Crippen LogP contribution < -0.4 is 4.74 Å². The van der Waals surface area contributed by atoms with Gasteiger partial charge >= 0.3 is 0 Å². The number of aliphatic hydroxyl groups excluding tert-OH is 1. The van der Waals surface area contributed by atoms with Crippen molar-refractivity contribution >= 4 is 0 Å². The Hall–Kier alpha value is -1.09. The van der Waals surface area contributed by atoms with Crippen LogP contribution in [0.25, 0.3) is 0 Å². The van der Waals surface area contributed by atoms with Crippen LogP contribution in [0.15, 0.2) is 18.2 Å². The van der Waals surface area contributed by atoms with Crippen molar-refractivity contribution in [2.75, 3.05) is 0 Å². The van der Waals surface area contributed by atoms with E-state index in [2.05, 4.69) is 13.8 Å². The SMILES string of the molecule is CC1CCC(Oc2ccc(CO)cc2F)CC1C. The molecule has 1 fully saturated rings. The predicted molar refractivity (Wildman–Crippen MR) is 68.9 cm³/mol. The third kappa shape index (κ3) is 3.02. The van der Waals surface area contributed by atoms with Gasteiger partial charge in [-0.2, -0.15) is 0 Å². The molecule has 0 aliphatic heterocycles. The summed E-state index contributed by atoms with van der Waals surface area (Å²) in [7, 11) is 0. The molecule has 2 nitrogen and oxygen atoms in total. The van der Waals surface area contributed by atoms with Crippen molar-refractivity contribution in [1.82, 2.24) is 0 Å². The summed E-state index contributed by atoms with van der Waals surface area (Å²) in [4.78, 5) is 0. The topological polar surface area (TPSA) is 29.5 Å². The summed E-state index contributed by atoms with van der Waals surface area (Å²) < 4.78 is 19.5. The molecule has 1 aliphatic carbocycles. The number of rotatable bonds is 3. The van der Waals surface area contributed by atoms with Crippen molar-refractivity contribution in [2.24, 2.45) is 11.8 Å². The summed E-state index contributed by atoms with van der Waals surface area (Å²) in [6, 6.07) is 4.65. The van der Waals surface area contributed by atoms with Crippen LogP contribution >= 0.6 is 0 Å². The molecule has 18 heavy (non-hydrogen) atoms. The second kappa shape index (κ2) is 5.70. The van der Waals surface area contributed by atoms with Crippen LogP contribution in [-0.4, -0.2) is 11.2 Å². The van der Waals surface area contributed by atoms with Gasteiger partial charge < -0.3 is 9.84 Å². The normalized spacial score (nSPS) is 28.1. The lowest BCUT2D eigenvalue weighted by Gasteiger charge is -2.32. The van der Waals surface area contributed by atoms with E-state index in [1.165, 1.54) is 6.07 Å². The van der Waals surface area contributed by atoms with Crippen molar-refractivity contribution < 1.29 is 14.2 Å². The molecule has 3 atom stereocenters. The quantitative estimate of drug-likeness (QED) is 0.891. The number of ether oxygens (including phenoxy) is 1. The highest BCUT2D eigenvalue weighted by molar-refractivity contribution is 5.29. The molecule has 0 aromatic heterocycles. The van der Waals surface area contributed by atoms with E-state index in [0.29, 0.717) is 17.2 Å². The molecule has 3 heteroatoms. The fourth-order valence-electron chi connectivity index (χ4n) is 2.52. The van der Waals surface area contributed by atoms with Gasteiger partial charge in [-0.25, -0.2) is 4.39 Å². The maximum absolute atomic E-state index is 13.7. The van der Waals surface area contributed by atoms with Gasteiger partial charge in [-0.3, -0.25) is 0 Å². The highest BCUT2D eigenvalue weighted by Crippen LogP contribution is 2.32. The number of hydrogen-bond acceptors (Lipinski definition) is 2. The summed E-state index contributed by atoms with van der Waals surface area (Å²) in [6.45, 7) is 4.35. The van der Waals surface area contributed by atoms with Crippen LogP contribution in [0.1, 0.15) is 38.7 Å². The minimum absolute atomic E-state index is 0.116. The zero-order valence-electron chi connectivity index (χ0n) is 11.0. The second-order valence-corrected chi connectivity index (χ2v) is 5.43. The number of aliphatic hydroxyl groups is 1. The van der Waals surface area contributed by atoms with E-state index >= 15 is 0 Å². The van der Waals surface area contributed by atoms with Crippen LogP contribution in [0.2, 0.25) is 0 Å². The Morgan fingerprint density at radius 3 is 2.67 bits per heavy atom. The average Bonchev–Trinajstić information content (AvgIpc) is 2.36. The number of halogens is 1. The van der Waals surface area contributed by atoms with Gasteiger partial charge in [-0.05, 0) is 48.8 Å². The summed E-state index contributed by atoms with van der Waals surface area (Å²) in [5, 5.41) is 8.93. The van der Waals surface area contributed by atoms with Gasteiger partial charge in [0.2, 0.25) is 0 Å². The monoisotopic (exact) mass is 252 g/mol. The summed E-state index contributed by atoms with van der Waals surface area (Å²) in [5.74, 6) is 1.28. The third-order valence-corrected chi connectivity index (χ3v) is 4.02. The highest BCUT2D eigenvalue weighted by Gasteiger charge is 2.26. The molecular formula is C15H21FO2. The zero-order chi connectivity index (χ0) is 13.1. The van der Waals surface area contributed by atoms with Gasteiger partial charge in [0.05, 0.1) is 12.7 Å². The van der Waals surface area contributed by atoms with Crippen LogP contribution in [0.5, 0.6) is 5.75 Å². The summed E-state index contributed by atoms with van der Waals surface area (Å²) in [5.41, 5.74) is 0.575. The Balaban J connectivity index is 2.01. The lowest BCUT2D eigenvalue weighted by molar-refractivity contribution is 0.0967. The Kier molecular flexibility index (Phi) is 4.23. The number of hydrogen-bond donors (Lipinski definition) is 1. The first-order valence-corrected chi connectivity index (χ1v) is 6.66. The Morgan fingerprint density at radius 2 is 2.06 bits per heavy atom. The molecule has 3 unspecified atom stereocenters. The molecule has 1 aromatic rings. The van der Waals surface area contributed by atoms with Crippen LogP contribution in [0.4, 0.5) is 4.39 Å². The smallest absolute Gasteiger partial charge is 0.165 e. The summed E-state index contributed by atoms with van der Waals surface area (Å²) in [6.07, 6.45) is 3.24.